The van der Waals surface area contributed by atoms with Crippen LogP contribution >= 0.6 is 11.6 Å². The maximum Gasteiger partial charge on any atom is 0.151 e. The third-order valence-corrected chi connectivity index (χ3v) is 2.19. The average Bonchev–Trinajstić information content (AvgIpc) is 2.03. The minimum absolute atomic E-state index is 0.334. The molecule has 0 unspecified atom stereocenters. The maximum absolute atomic E-state index is 5.99. The second-order valence-corrected chi connectivity index (χ2v) is 4.14. The van der Waals surface area contributed by atoms with Gasteiger partial charge in [0.15, 0.2) is 5.15 Å². The Kier molecular flexibility index (Phi) is 3.26. The van der Waals surface area contributed by atoms with Gasteiger partial charge in [-0.3, -0.25) is 4.98 Å². The van der Waals surface area contributed by atoms with Crippen LogP contribution in [0.3, 0.4) is 0 Å². The lowest BCUT2D eigenvalue weighted by molar-refractivity contribution is 0.768. The molecule has 3 heteroatoms. The smallest absolute Gasteiger partial charge is 0.151 e. The van der Waals surface area contributed by atoms with Crippen LogP contribution in [0.25, 0.3) is 0 Å². The van der Waals surface area contributed by atoms with Crippen molar-refractivity contribution in [1.82, 2.24) is 9.97 Å². The van der Waals surface area contributed by atoms with E-state index in [2.05, 4.69) is 37.7 Å². The zero-order valence-corrected chi connectivity index (χ0v) is 9.26. The summed E-state index contributed by atoms with van der Waals surface area (Å²) >= 11 is 5.99. The van der Waals surface area contributed by atoms with Crippen molar-refractivity contribution >= 4 is 11.6 Å². The van der Waals surface area contributed by atoms with Crippen LogP contribution in [0.5, 0.6) is 0 Å². The van der Waals surface area contributed by atoms with E-state index in [1.165, 1.54) is 0 Å². The van der Waals surface area contributed by atoms with Gasteiger partial charge in [0.2, 0.25) is 0 Å². The van der Waals surface area contributed by atoms with Gasteiger partial charge in [0.05, 0.1) is 11.4 Å². The monoisotopic (exact) mass is 198 g/mol. The van der Waals surface area contributed by atoms with Crippen LogP contribution in [0.15, 0.2) is 6.20 Å². The molecule has 0 aliphatic rings. The van der Waals surface area contributed by atoms with E-state index in [1.54, 1.807) is 0 Å². The van der Waals surface area contributed by atoms with Crippen LogP contribution < -0.4 is 0 Å². The summed E-state index contributed by atoms with van der Waals surface area (Å²) in [5, 5.41) is 0.543. The molecule has 0 N–H and O–H groups in total. The highest BCUT2D eigenvalue weighted by molar-refractivity contribution is 6.30. The Labute approximate surface area is 84.4 Å². The predicted molar refractivity (Wildman–Crippen MR) is 55.2 cm³/mol. The Morgan fingerprint density at radius 2 is 1.77 bits per heavy atom. The van der Waals surface area contributed by atoms with Gasteiger partial charge in [-0.1, -0.05) is 39.3 Å². The van der Waals surface area contributed by atoms with Crippen molar-refractivity contribution in [2.24, 2.45) is 0 Å². The third kappa shape index (κ3) is 2.41. The number of aromatic nitrogens is 2. The molecule has 0 atom stereocenters. The highest BCUT2D eigenvalue weighted by atomic mass is 35.5. The fraction of sp³-hybridized carbons (Fsp3) is 0.600. The molecule has 0 bridgehead atoms. The molecule has 0 fully saturated rings. The average molecular weight is 199 g/mol. The maximum atomic E-state index is 5.99. The minimum atomic E-state index is 0.334. The van der Waals surface area contributed by atoms with Gasteiger partial charge < -0.3 is 0 Å². The zero-order valence-electron chi connectivity index (χ0n) is 8.50. The summed E-state index contributed by atoms with van der Waals surface area (Å²) in [5.74, 6) is 0.715. The van der Waals surface area contributed by atoms with Crippen molar-refractivity contribution in [3.05, 3.63) is 22.7 Å². The standard InChI is InChI=1S/C10H15ClN2/c1-6(2)8-5-12-9(7(3)4)10(11)13-8/h5-7H,1-4H3. The lowest BCUT2D eigenvalue weighted by atomic mass is 10.1. The highest BCUT2D eigenvalue weighted by Crippen LogP contribution is 2.21. The highest BCUT2D eigenvalue weighted by Gasteiger charge is 2.10. The third-order valence-electron chi connectivity index (χ3n) is 1.91. The lowest BCUT2D eigenvalue weighted by Gasteiger charge is -2.09. The molecule has 2 nitrogen and oxygen atoms in total. The molecule has 13 heavy (non-hydrogen) atoms. The normalized spacial score (nSPS) is 11.3. The molecule has 0 aliphatic carbocycles. The van der Waals surface area contributed by atoms with Crippen molar-refractivity contribution in [2.45, 2.75) is 39.5 Å². The SMILES string of the molecule is CC(C)c1cnc(C(C)C)c(Cl)n1. The topological polar surface area (TPSA) is 25.8 Å². The Morgan fingerprint density at radius 3 is 2.15 bits per heavy atom. The van der Waals surface area contributed by atoms with Crippen LogP contribution in [0.1, 0.15) is 50.9 Å². The van der Waals surface area contributed by atoms with Crippen molar-refractivity contribution in [3.8, 4) is 0 Å². The van der Waals surface area contributed by atoms with Gasteiger partial charge in [0, 0.05) is 6.20 Å². The molecular formula is C10H15ClN2. The lowest BCUT2D eigenvalue weighted by Crippen LogP contribution is -2.01. The van der Waals surface area contributed by atoms with Crippen LogP contribution in [0.2, 0.25) is 5.15 Å². The molecule has 1 rings (SSSR count). The molecule has 0 amide bonds. The second kappa shape index (κ2) is 4.05. The molecule has 0 saturated heterocycles. The summed E-state index contributed by atoms with van der Waals surface area (Å²) < 4.78 is 0. The van der Waals surface area contributed by atoms with Crippen molar-refractivity contribution in [3.63, 3.8) is 0 Å². The first-order chi connectivity index (χ1) is 6.02. The van der Waals surface area contributed by atoms with E-state index >= 15 is 0 Å². The number of halogens is 1. The minimum Gasteiger partial charge on any atom is -0.256 e. The Morgan fingerprint density at radius 1 is 1.15 bits per heavy atom. The molecule has 0 aromatic carbocycles. The number of hydrogen-bond donors (Lipinski definition) is 0. The van der Waals surface area contributed by atoms with E-state index in [1.807, 2.05) is 6.20 Å². The Bertz CT molecular complexity index is 295. The number of hydrogen-bond acceptors (Lipinski definition) is 2. The molecule has 1 heterocycles. The first kappa shape index (κ1) is 10.5. The van der Waals surface area contributed by atoms with Gasteiger partial charge in [-0.15, -0.1) is 0 Å². The largest absolute Gasteiger partial charge is 0.256 e. The Hall–Kier alpha value is -0.630. The van der Waals surface area contributed by atoms with Gasteiger partial charge in [-0.2, -0.15) is 0 Å². The first-order valence-corrected chi connectivity index (χ1v) is 4.92. The van der Waals surface area contributed by atoms with Crippen molar-refractivity contribution < 1.29 is 0 Å². The van der Waals surface area contributed by atoms with Crippen LogP contribution in [-0.4, -0.2) is 9.97 Å². The number of rotatable bonds is 2. The van der Waals surface area contributed by atoms with Crippen molar-refractivity contribution in [1.29, 1.82) is 0 Å². The molecule has 0 radical (unpaired) electrons. The number of nitrogens with zero attached hydrogens (tertiary/aromatic N) is 2. The fourth-order valence-corrected chi connectivity index (χ4v) is 1.42. The molecular weight excluding hydrogens is 184 g/mol. The van der Waals surface area contributed by atoms with E-state index in [9.17, 15) is 0 Å². The van der Waals surface area contributed by atoms with Gasteiger partial charge in [0.25, 0.3) is 0 Å². The fourth-order valence-electron chi connectivity index (χ4n) is 1.05. The predicted octanol–water partition coefficient (Wildman–Crippen LogP) is 3.38. The van der Waals surface area contributed by atoms with E-state index in [0.29, 0.717) is 17.0 Å². The van der Waals surface area contributed by atoms with Crippen molar-refractivity contribution in [2.75, 3.05) is 0 Å². The summed E-state index contributed by atoms with van der Waals surface area (Å²) in [5.41, 5.74) is 1.83. The molecule has 1 aromatic rings. The molecule has 72 valence electrons. The van der Waals surface area contributed by atoms with Crippen LogP contribution in [-0.2, 0) is 0 Å². The second-order valence-electron chi connectivity index (χ2n) is 3.78. The molecule has 0 spiro atoms. The van der Waals surface area contributed by atoms with Crippen LogP contribution in [0.4, 0.5) is 0 Å². The van der Waals surface area contributed by atoms with E-state index < -0.39 is 0 Å². The summed E-state index contributed by atoms with van der Waals surface area (Å²) in [6.45, 7) is 8.28. The zero-order chi connectivity index (χ0) is 10.0. The summed E-state index contributed by atoms with van der Waals surface area (Å²) in [6, 6.07) is 0. The quantitative estimate of drug-likeness (QED) is 0.728. The summed E-state index contributed by atoms with van der Waals surface area (Å²) in [4.78, 5) is 8.60. The molecule has 1 aromatic heterocycles. The summed E-state index contributed by atoms with van der Waals surface area (Å²) in [6.07, 6.45) is 1.81. The molecule has 0 saturated carbocycles. The Balaban J connectivity index is 3.06. The van der Waals surface area contributed by atoms with Gasteiger partial charge >= 0.3 is 0 Å². The molecule has 0 aliphatic heterocycles. The van der Waals surface area contributed by atoms with E-state index in [-0.39, 0.29) is 0 Å². The van der Waals surface area contributed by atoms with Gasteiger partial charge in [0.1, 0.15) is 0 Å². The van der Waals surface area contributed by atoms with Crippen LogP contribution in [0, 0.1) is 0 Å². The van der Waals surface area contributed by atoms with Gasteiger partial charge in [-0.05, 0) is 11.8 Å². The van der Waals surface area contributed by atoms with E-state index in [0.717, 1.165) is 11.4 Å². The van der Waals surface area contributed by atoms with E-state index in [4.69, 9.17) is 11.6 Å². The van der Waals surface area contributed by atoms with Gasteiger partial charge in [-0.25, -0.2) is 4.98 Å². The first-order valence-electron chi connectivity index (χ1n) is 4.54. The summed E-state index contributed by atoms with van der Waals surface area (Å²) in [7, 11) is 0.